The lowest BCUT2D eigenvalue weighted by Gasteiger charge is -2.38. The quantitative estimate of drug-likeness (QED) is 0.798. The van der Waals surface area contributed by atoms with Gasteiger partial charge in [-0.2, -0.15) is 0 Å². The summed E-state index contributed by atoms with van der Waals surface area (Å²) in [5.74, 6) is 0. The molecule has 0 atom stereocenters. The average Bonchev–Trinajstić information content (AvgIpc) is 2.34. The molecule has 3 N–H and O–H groups in total. The van der Waals surface area contributed by atoms with Gasteiger partial charge in [0.2, 0.25) is 10.0 Å². The van der Waals surface area contributed by atoms with Crippen LogP contribution in [0.2, 0.25) is 0 Å². The fraction of sp³-hybridized carbons (Fsp3) is 0.500. The SMILES string of the molecule is CC1(CNS(=O)(=O)c2cccnc2C(N)=S)CCC1. The molecule has 19 heavy (non-hydrogen) atoms. The molecule has 0 bridgehead atoms. The first kappa shape index (κ1) is 14.4. The molecule has 0 radical (unpaired) electrons. The molecule has 0 aromatic carbocycles. The van der Waals surface area contributed by atoms with Crippen LogP contribution in [-0.2, 0) is 10.0 Å². The van der Waals surface area contributed by atoms with Gasteiger partial charge in [-0.3, -0.25) is 4.98 Å². The van der Waals surface area contributed by atoms with Crippen LogP contribution in [0.5, 0.6) is 0 Å². The summed E-state index contributed by atoms with van der Waals surface area (Å²) in [6.45, 7) is 2.51. The summed E-state index contributed by atoms with van der Waals surface area (Å²) in [7, 11) is -3.63. The van der Waals surface area contributed by atoms with Gasteiger partial charge in [0.05, 0.1) is 0 Å². The zero-order valence-electron chi connectivity index (χ0n) is 10.7. The highest BCUT2D eigenvalue weighted by molar-refractivity contribution is 7.89. The normalized spacial score (nSPS) is 17.7. The number of rotatable bonds is 5. The summed E-state index contributed by atoms with van der Waals surface area (Å²) in [6, 6.07) is 3.02. The van der Waals surface area contributed by atoms with Gasteiger partial charge < -0.3 is 5.73 Å². The van der Waals surface area contributed by atoms with Crippen molar-refractivity contribution in [3.05, 3.63) is 24.0 Å². The Balaban J connectivity index is 2.22. The van der Waals surface area contributed by atoms with Gasteiger partial charge in [-0.05, 0) is 30.4 Å². The molecular weight excluding hydrogens is 282 g/mol. The van der Waals surface area contributed by atoms with Crippen LogP contribution in [0.25, 0.3) is 0 Å². The number of hydrogen-bond donors (Lipinski definition) is 2. The molecule has 7 heteroatoms. The molecule has 1 aromatic heterocycles. The van der Waals surface area contributed by atoms with Gasteiger partial charge >= 0.3 is 0 Å². The Hall–Kier alpha value is -1.05. The molecule has 0 aliphatic heterocycles. The summed E-state index contributed by atoms with van der Waals surface area (Å²) < 4.78 is 27.2. The van der Waals surface area contributed by atoms with Gasteiger partial charge in [-0.15, -0.1) is 0 Å². The van der Waals surface area contributed by atoms with Crippen molar-refractivity contribution in [2.24, 2.45) is 11.1 Å². The van der Waals surface area contributed by atoms with E-state index in [4.69, 9.17) is 18.0 Å². The predicted molar refractivity (Wildman–Crippen MR) is 77.3 cm³/mol. The summed E-state index contributed by atoms with van der Waals surface area (Å²) >= 11 is 4.83. The predicted octanol–water partition coefficient (Wildman–Crippen LogP) is 1.18. The standard InChI is InChI=1S/C12H17N3O2S2/c1-12(5-3-6-12)8-15-19(16,17)9-4-2-7-14-10(9)11(13)18/h2,4,7,15H,3,5-6,8H2,1H3,(H2,13,18). The number of thiocarbonyl (C=S) groups is 1. The minimum Gasteiger partial charge on any atom is -0.388 e. The van der Waals surface area contributed by atoms with Crippen LogP contribution in [0.4, 0.5) is 0 Å². The van der Waals surface area contributed by atoms with Crippen LogP contribution >= 0.6 is 12.2 Å². The van der Waals surface area contributed by atoms with E-state index in [9.17, 15) is 8.42 Å². The van der Waals surface area contributed by atoms with Gasteiger partial charge in [0.15, 0.2) is 0 Å². The molecule has 1 aromatic rings. The zero-order chi connectivity index (χ0) is 14.1. The molecule has 1 saturated carbocycles. The lowest BCUT2D eigenvalue weighted by atomic mass is 9.71. The van der Waals surface area contributed by atoms with Crippen LogP contribution in [0.15, 0.2) is 23.2 Å². The number of nitrogens with one attached hydrogen (secondary N) is 1. The Kier molecular flexibility index (Phi) is 3.89. The van der Waals surface area contributed by atoms with Crippen molar-refractivity contribution < 1.29 is 8.42 Å². The Morgan fingerprint density at radius 1 is 1.58 bits per heavy atom. The van der Waals surface area contributed by atoms with Crippen molar-refractivity contribution >= 4 is 27.2 Å². The van der Waals surface area contributed by atoms with Crippen LogP contribution in [0.3, 0.4) is 0 Å². The lowest BCUT2D eigenvalue weighted by Crippen LogP contribution is -2.40. The fourth-order valence-electron chi connectivity index (χ4n) is 2.10. The Labute approximate surface area is 118 Å². The molecule has 0 saturated heterocycles. The van der Waals surface area contributed by atoms with Gasteiger partial charge in [-0.1, -0.05) is 25.6 Å². The van der Waals surface area contributed by atoms with Crippen molar-refractivity contribution in [2.45, 2.75) is 31.1 Å². The van der Waals surface area contributed by atoms with E-state index < -0.39 is 10.0 Å². The van der Waals surface area contributed by atoms with Gasteiger partial charge in [0.25, 0.3) is 0 Å². The number of nitrogens with two attached hydrogens (primary N) is 1. The summed E-state index contributed by atoms with van der Waals surface area (Å²) in [6.07, 6.45) is 4.72. The van der Waals surface area contributed by atoms with Crippen LogP contribution in [0.1, 0.15) is 31.9 Å². The summed E-state index contributed by atoms with van der Waals surface area (Å²) in [5, 5.41) is 0. The smallest absolute Gasteiger partial charge is 0.242 e. The van der Waals surface area contributed by atoms with E-state index in [1.165, 1.54) is 12.3 Å². The van der Waals surface area contributed by atoms with E-state index >= 15 is 0 Å². The first-order chi connectivity index (χ1) is 8.84. The van der Waals surface area contributed by atoms with Gasteiger partial charge in [-0.25, -0.2) is 13.1 Å². The van der Waals surface area contributed by atoms with Gasteiger partial charge in [0.1, 0.15) is 15.6 Å². The van der Waals surface area contributed by atoms with Crippen molar-refractivity contribution in [3.63, 3.8) is 0 Å². The third kappa shape index (κ3) is 3.10. The van der Waals surface area contributed by atoms with Crippen molar-refractivity contribution in [2.75, 3.05) is 6.54 Å². The molecule has 1 aliphatic carbocycles. The molecule has 104 valence electrons. The largest absolute Gasteiger partial charge is 0.388 e. The Morgan fingerprint density at radius 3 is 2.79 bits per heavy atom. The van der Waals surface area contributed by atoms with E-state index in [2.05, 4.69) is 16.6 Å². The maximum atomic E-state index is 12.3. The third-order valence-electron chi connectivity index (χ3n) is 3.54. The fourth-order valence-corrected chi connectivity index (χ4v) is 3.69. The monoisotopic (exact) mass is 299 g/mol. The second-order valence-corrected chi connectivity index (χ2v) is 7.38. The molecular formula is C12H17N3O2S2. The van der Waals surface area contributed by atoms with Crippen molar-refractivity contribution in [1.82, 2.24) is 9.71 Å². The molecule has 0 spiro atoms. The lowest BCUT2D eigenvalue weighted by molar-refractivity contribution is 0.166. The molecule has 1 fully saturated rings. The zero-order valence-corrected chi connectivity index (χ0v) is 12.4. The molecule has 0 amide bonds. The second-order valence-electron chi connectivity index (χ2n) is 5.20. The first-order valence-corrected chi connectivity index (χ1v) is 7.98. The molecule has 1 heterocycles. The minimum atomic E-state index is -3.63. The summed E-state index contributed by atoms with van der Waals surface area (Å²) in [4.78, 5) is 3.97. The number of pyridine rings is 1. The number of nitrogens with zero attached hydrogens (tertiary/aromatic N) is 1. The third-order valence-corrected chi connectivity index (χ3v) is 5.17. The average molecular weight is 299 g/mol. The van der Waals surface area contributed by atoms with E-state index in [0.717, 1.165) is 19.3 Å². The van der Waals surface area contributed by atoms with Gasteiger partial charge in [0, 0.05) is 12.7 Å². The number of aromatic nitrogens is 1. The van der Waals surface area contributed by atoms with Crippen LogP contribution < -0.4 is 10.5 Å². The molecule has 2 rings (SSSR count). The Morgan fingerprint density at radius 2 is 2.26 bits per heavy atom. The first-order valence-electron chi connectivity index (χ1n) is 6.09. The Bertz CT molecular complexity index is 595. The number of sulfonamides is 1. The van der Waals surface area contributed by atoms with Crippen LogP contribution in [-0.4, -0.2) is 24.9 Å². The molecule has 0 unspecified atom stereocenters. The topological polar surface area (TPSA) is 85.1 Å². The number of hydrogen-bond acceptors (Lipinski definition) is 4. The minimum absolute atomic E-state index is 0.0177. The molecule has 5 nitrogen and oxygen atoms in total. The summed E-state index contributed by atoms with van der Waals surface area (Å²) in [5.41, 5.74) is 5.72. The highest BCUT2D eigenvalue weighted by Gasteiger charge is 2.33. The van der Waals surface area contributed by atoms with Crippen molar-refractivity contribution in [1.29, 1.82) is 0 Å². The van der Waals surface area contributed by atoms with E-state index in [1.807, 2.05) is 0 Å². The highest BCUT2D eigenvalue weighted by Crippen LogP contribution is 2.39. The van der Waals surface area contributed by atoms with E-state index in [-0.39, 0.29) is 21.0 Å². The van der Waals surface area contributed by atoms with E-state index in [1.54, 1.807) is 6.07 Å². The van der Waals surface area contributed by atoms with Crippen LogP contribution in [0, 0.1) is 5.41 Å². The molecule has 1 aliphatic rings. The highest BCUT2D eigenvalue weighted by atomic mass is 32.2. The van der Waals surface area contributed by atoms with Crippen molar-refractivity contribution in [3.8, 4) is 0 Å². The maximum Gasteiger partial charge on any atom is 0.242 e. The second kappa shape index (κ2) is 5.15. The van der Waals surface area contributed by atoms with E-state index in [0.29, 0.717) is 6.54 Å². The maximum absolute atomic E-state index is 12.3.